The molecule has 5 nitrogen and oxygen atoms in total. The predicted octanol–water partition coefficient (Wildman–Crippen LogP) is 2.13. The number of rotatable bonds is 8. The van der Waals surface area contributed by atoms with Crippen molar-refractivity contribution >= 4 is 5.91 Å². The normalized spacial score (nSPS) is 12.7. The molecule has 0 aliphatic rings. The maximum Gasteiger partial charge on any atom is 0.254 e. The molecule has 1 rings (SSSR count). The maximum atomic E-state index is 12.0. The zero-order valence-corrected chi connectivity index (χ0v) is 13.0. The summed E-state index contributed by atoms with van der Waals surface area (Å²) in [5.74, 6) is 0.507. The van der Waals surface area contributed by atoms with Crippen molar-refractivity contribution in [3.8, 4) is 0 Å². The Morgan fingerprint density at radius 1 is 1.45 bits per heavy atom. The summed E-state index contributed by atoms with van der Waals surface area (Å²) in [6.07, 6.45) is 3.63. The van der Waals surface area contributed by atoms with Gasteiger partial charge in [0.05, 0.1) is 17.9 Å². The maximum absolute atomic E-state index is 12.0. The van der Waals surface area contributed by atoms with E-state index in [1.54, 1.807) is 6.20 Å². The molecule has 20 heavy (non-hydrogen) atoms. The second-order valence-electron chi connectivity index (χ2n) is 5.66. The van der Waals surface area contributed by atoms with Gasteiger partial charge in [-0.15, -0.1) is 0 Å². The van der Waals surface area contributed by atoms with Gasteiger partial charge in [-0.05, 0) is 32.1 Å². The quantitative estimate of drug-likeness (QED) is 0.767. The standard InChI is InChI=1S/C15H27N3O2/c1-5-13(19)6-8-16-15(20)14-10-17-18(12(14)4)9-7-11(2)3/h10-11,13,19H,5-9H2,1-4H3,(H,16,20). The first-order valence-electron chi connectivity index (χ1n) is 7.44. The van der Waals surface area contributed by atoms with E-state index in [9.17, 15) is 9.90 Å². The number of aryl methyl sites for hydroxylation is 1. The molecule has 0 aliphatic heterocycles. The fourth-order valence-corrected chi connectivity index (χ4v) is 1.93. The zero-order chi connectivity index (χ0) is 15.1. The van der Waals surface area contributed by atoms with E-state index < -0.39 is 0 Å². The molecule has 0 aliphatic carbocycles. The summed E-state index contributed by atoms with van der Waals surface area (Å²) in [6.45, 7) is 9.52. The summed E-state index contributed by atoms with van der Waals surface area (Å²) in [5.41, 5.74) is 1.53. The van der Waals surface area contributed by atoms with Crippen LogP contribution < -0.4 is 5.32 Å². The van der Waals surface area contributed by atoms with Crippen molar-refractivity contribution in [2.24, 2.45) is 5.92 Å². The number of nitrogens with zero attached hydrogens (tertiary/aromatic N) is 2. The third-order valence-corrected chi connectivity index (χ3v) is 3.50. The van der Waals surface area contributed by atoms with E-state index >= 15 is 0 Å². The van der Waals surface area contributed by atoms with Crippen LogP contribution in [0.15, 0.2) is 6.20 Å². The Bertz CT molecular complexity index is 427. The molecule has 1 heterocycles. The van der Waals surface area contributed by atoms with Crippen molar-refractivity contribution in [3.05, 3.63) is 17.5 Å². The summed E-state index contributed by atoms with van der Waals surface area (Å²) < 4.78 is 1.88. The van der Waals surface area contributed by atoms with Crippen molar-refractivity contribution in [2.75, 3.05) is 6.54 Å². The summed E-state index contributed by atoms with van der Waals surface area (Å²) in [5, 5.41) is 16.6. The number of aromatic nitrogens is 2. The fourth-order valence-electron chi connectivity index (χ4n) is 1.93. The van der Waals surface area contributed by atoms with Crippen LogP contribution in [0.1, 0.15) is 56.1 Å². The van der Waals surface area contributed by atoms with E-state index in [0.29, 0.717) is 30.9 Å². The molecule has 2 N–H and O–H groups in total. The van der Waals surface area contributed by atoms with E-state index in [4.69, 9.17) is 0 Å². The van der Waals surface area contributed by atoms with Gasteiger partial charge >= 0.3 is 0 Å². The first kappa shape index (κ1) is 16.7. The number of amides is 1. The van der Waals surface area contributed by atoms with E-state index in [-0.39, 0.29) is 12.0 Å². The third-order valence-electron chi connectivity index (χ3n) is 3.50. The van der Waals surface area contributed by atoms with Crippen LogP contribution >= 0.6 is 0 Å². The highest BCUT2D eigenvalue weighted by molar-refractivity contribution is 5.94. The summed E-state index contributed by atoms with van der Waals surface area (Å²) in [7, 11) is 0. The molecule has 0 radical (unpaired) electrons. The van der Waals surface area contributed by atoms with Crippen molar-refractivity contribution < 1.29 is 9.90 Å². The monoisotopic (exact) mass is 281 g/mol. The van der Waals surface area contributed by atoms with Crippen LogP contribution in [-0.2, 0) is 6.54 Å². The Labute approximate surface area is 121 Å². The van der Waals surface area contributed by atoms with Crippen molar-refractivity contribution in [1.29, 1.82) is 0 Å². The molecular formula is C15H27N3O2. The van der Waals surface area contributed by atoms with Crippen molar-refractivity contribution in [2.45, 2.75) is 59.6 Å². The van der Waals surface area contributed by atoms with Gasteiger partial charge in [-0.2, -0.15) is 5.10 Å². The van der Waals surface area contributed by atoms with Gasteiger partial charge in [0.15, 0.2) is 0 Å². The van der Waals surface area contributed by atoms with Gasteiger partial charge in [-0.3, -0.25) is 9.48 Å². The molecule has 1 unspecified atom stereocenters. The van der Waals surface area contributed by atoms with E-state index in [0.717, 1.165) is 18.7 Å². The number of aliphatic hydroxyl groups is 1. The van der Waals surface area contributed by atoms with Gasteiger partial charge < -0.3 is 10.4 Å². The number of aliphatic hydroxyl groups excluding tert-OH is 1. The van der Waals surface area contributed by atoms with Crippen LogP contribution in [0, 0.1) is 12.8 Å². The number of nitrogens with one attached hydrogen (secondary N) is 1. The van der Waals surface area contributed by atoms with Crippen LogP contribution in [0.25, 0.3) is 0 Å². The molecule has 114 valence electrons. The molecule has 1 amide bonds. The highest BCUT2D eigenvalue weighted by Gasteiger charge is 2.14. The molecular weight excluding hydrogens is 254 g/mol. The topological polar surface area (TPSA) is 67.2 Å². The minimum atomic E-state index is -0.342. The Balaban J connectivity index is 2.52. The first-order valence-corrected chi connectivity index (χ1v) is 7.44. The highest BCUT2D eigenvalue weighted by atomic mass is 16.3. The molecule has 0 aromatic carbocycles. The minimum Gasteiger partial charge on any atom is -0.393 e. The Hall–Kier alpha value is -1.36. The van der Waals surface area contributed by atoms with Gasteiger partial charge in [0.1, 0.15) is 0 Å². The smallest absolute Gasteiger partial charge is 0.254 e. The Morgan fingerprint density at radius 2 is 2.15 bits per heavy atom. The third kappa shape index (κ3) is 4.96. The van der Waals surface area contributed by atoms with Crippen LogP contribution in [0.4, 0.5) is 0 Å². The van der Waals surface area contributed by atoms with E-state index in [2.05, 4.69) is 24.3 Å². The lowest BCUT2D eigenvalue weighted by Crippen LogP contribution is -2.27. The molecule has 1 aromatic rings. The number of hydrogen-bond donors (Lipinski definition) is 2. The lowest BCUT2D eigenvalue weighted by Gasteiger charge is -2.09. The van der Waals surface area contributed by atoms with E-state index in [1.165, 1.54) is 0 Å². The molecule has 1 atom stereocenters. The molecule has 0 spiro atoms. The summed E-state index contributed by atoms with van der Waals surface area (Å²) >= 11 is 0. The molecule has 5 heteroatoms. The SMILES string of the molecule is CCC(O)CCNC(=O)c1cnn(CCC(C)C)c1C. The Kier molecular flexibility index (Phi) is 6.71. The van der Waals surface area contributed by atoms with Crippen LogP contribution in [0.3, 0.4) is 0 Å². The molecule has 0 saturated carbocycles. The lowest BCUT2D eigenvalue weighted by atomic mass is 10.1. The number of carbonyl (C=O) groups excluding carboxylic acids is 1. The van der Waals surface area contributed by atoms with Crippen LogP contribution in [0.2, 0.25) is 0 Å². The highest BCUT2D eigenvalue weighted by Crippen LogP contribution is 2.10. The van der Waals surface area contributed by atoms with Crippen LogP contribution in [0.5, 0.6) is 0 Å². The summed E-state index contributed by atoms with van der Waals surface area (Å²) in [4.78, 5) is 12.0. The second kappa shape index (κ2) is 8.04. The lowest BCUT2D eigenvalue weighted by molar-refractivity contribution is 0.0941. The molecule has 0 saturated heterocycles. The molecule has 0 bridgehead atoms. The van der Waals surface area contributed by atoms with Crippen LogP contribution in [-0.4, -0.2) is 33.4 Å². The van der Waals surface area contributed by atoms with Gasteiger partial charge in [0.25, 0.3) is 5.91 Å². The average Bonchev–Trinajstić information content (AvgIpc) is 2.77. The number of carbonyl (C=O) groups is 1. The van der Waals surface area contributed by atoms with Gasteiger partial charge in [-0.1, -0.05) is 20.8 Å². The second-order valence-corrected chi connectivity index (χ2v) is 5.66. The predicted molar refractivity (Wildman–Crippen MR) is 79.7 cm³/mol. The molecule has 0 fully saturated rings. The summed E-state index contributed by atoms with van der Waals surface area (Å²) in [6, 6.07) is 0. The molecule has 1 aromatic heterocycles. The van der Waals surface area contributed by atoms with E-state index in [1.807, 2.05) is 18.5 Å². The first-order chi connectivity index (χ1) is 9.45. The van der Waals surface area contributed by atoms with Gasteiger partial charge in [0.2, 0.25) is 0 Å². The van der Waals surface area contributed by atoms with Gasteiger partial charge in [-0.25, -0.2) is 0 Å². The van der Waals surface area contributed by atoms with Crippen molar-refractivity contribution in [1.82, 2.24) is 15.1 Å². The Morgan fingerprint density at radius 3 is 2.75 bits per heavy atom. The largest absolute Gasteiger partial charge is 0.393 e. The van der Waals surface area contributed by atoms with Gasteiger partial charge in [0, 0.05) is 18.8 Å². The fraction of sp³-hybridized carbons (Fsp3) is 0.733. The number of hydrogen-bond acceptors (Lipinski definition) is 3. The van der Waals surface area contributed by atoms with Crippen molar-refractivity contribution in [3.63, 3.8) is 0 Å². The zero-order valence-electron chi connectivity index (χ0n) is 13.0. The average molecular weight is 281 g/mol. The minimum absolute atomic E-state index is 0.110.